The molecule has 1 heterocycles. The minimum absolute atomic E-state index is 0.479. The highest BCUT2D eigenvalue weighted by Crippen LogP contribution is 2.21. The molecule has 1 unspecified atom stereocenters. The molecule has 3 nitrogen and oxygen atoms in total. The second-order valence-corrected chi connectivity index (χ2v) is 5.94. The predicted octanol–water partition coefficient (Wildman–Crippen LogP) is 2.79. The molecule has 0 radical (unpaired) electrons. The van der Waals surface area contributed by atoms with E-state index < -0.39 is 0 Å². The third-order valence-electron chi connectivity index (χ3n) is 3.81. The predicted molar refractivity (Wildman–Crippen MR) is 90.5 cm³/mol. The molecule has 1 aromatic carbocycles. The lowest BCUT2D eigenvalue weighted by atomic mass is 10.1. The van der Waals surface area contributed by atoms with Crippen LogP contribution in [0.1, 0.15) is 25.8 Å². The van der Waals surface area contributed by atoms with Gasteiger partial charge in [-0.3, -0.25) is 0 Å². The van der Waals surface area contributed by atoms with E-state index in [1.54, 1.807) is 0 Å². The molecule has 1 atom stereocenters. The van der Waals surface area contributed by atoms with Crippen LogP contribution in [0.25, 0.3) is 0 Å². The second-order valence-electron chi connectivity index (χ2n) is 5.56. The van der Waals surface area contributed by atoms with E-state index in [-0.39, 0.29) is 0 Å². The molecule has 20 heavy (non-hydrogen) atoms. The van der Waals surface area contributed by atoms with Crippen molar-refractivity contribution in [1.82, 2.24) is 10.2 Å². The zero-order valence-corrected chi connectivity index (χ0v) is 13.5. The molecule has 1 aliphatic heterocycles. The zero-order chi connectivity index (χ0) is 14.5. The van der Waals surface area contributed by atoms with Crippen molar-refractivity contribution in [2.24, 2.45) is 0 Å². The summed E-state index contributed by atoms with van der Waals surface area (Å²) in [4.78, 5) is 4.76. The quantitative estimate of drug-likeness (QED) is 0.863. The van der Waals surface area contributed by atoms with Gasteiger partial charge in [0.25, 0.3) is 0 Å². The van der Waals surface area contributed by atoms with Gasteiger partial charge in [-0.05, 0) is 44.6 Å². The lowest BCUT2D eigenvalue weighted by Crippen LogP contribution is -2.56. The first kappa shape index (κ1) is 15.1. The Morgan fingerprint density at radius 3 is 2.60 bits per heavy atom. The summed E-state index contributed by atoms with van der Waals surface area (Å²) in [5.74, 6) is 0. The minimum atomic E-state index is 0.479. The highest BCUT2D eigenvalue weighted by molar-refractivity contribution is 7.80. The summed E-state index contributed by atoms with van der Waals surface area (Å²) in [5.41, 5.74) is 2.63. The van der Waals surface area contributed by atoms with Gasteiger partial charge in [0.05, 0.1) is 0 Å². The largest absolute Gasteiger partial charge is 0.365 e. The third-order valence-corrected chi connectivity index (χ3v) is 4.21. The van der Waals surface area contributed by atoms with Crippen molar-refractivity contribution in [2.45, 2.75) is 33.2 Å². The number of thiocarbonyl (C=S) groups is 1. The van der Waals surface area contributed by atoms with Gasteiger partial charge >= 0.3 is 0 Å². The molecule has 1 fully saturated rings. The van der Waals surface area contributed by atoms with Gasteiger partial charge in [0.2, 0.25) is 0 Å². The fourth-order valence-electron chi connectivity index (χ4n) is 2.61. The minimum Gasteiger partial charge on any atom is -0.365 e. The Morgan fingerprint density at radius 1 is 1.30 bits per heavy atom. The molecule has 0 aromatic heterocycles. The summed E-state index contributed by atoms with van der Waals surface area (Å²) in [6, 6.07) is 9.28. The van der Waals surface area contributed by atoms with E-state index >= 15 is 0 Å². The van der Waals surface area contributed by atoms with Crippen LogP contribution in [0.4, 0.5) is 5.69 Å². The molecular weight excluding hydrogens is 266 g/mol. The van der Waals surface area contributed by atoms with E-state index in [0.29, 0.717) is 6.04 Å². The van der Waals surface area contributed by atoms with E-state index in [1.165, 1.54) is 11.3 Å². The average molecular weight is 291 g/mol. The zero-order valence-electron chi connectivity index (χ0n) is 12.7. The summed E-state index contributed by atoms with van der Waals surface area (Å²) < 4.78 is 0. The number of benzene rings is 1. The molecule has 1 aliphatic rings. The van der Waals surface area contributed by atoms with Crippen LogP contribution in [0.3, 0.4) is 0 Å². The van der Waals surface area contributed by atoms with Gasteiger partial charge in [-0.2, -0.15) is 0 Å². The summed E-state index contributed by atoms with van der Waals surface area (Å²) >= 11 is 5.46. The lowest BCUT2D eigenvalue weighted by Gasteiger charge is -2.42. The highest BCUT2D eigenvalue weighted by atomic mass is 32.1. The van der Waals surface area contributed by atoms with Crippen molar-refractivity contribution in [3.05, 3.63) is 29.8 Å². The van der Waals surface area contributed by atoms with Crippen molar-refractivity contribution >= 4 is 23.0 Å². The SMILES string of the molecule is CCCNC(=S)N1CCN(c2ccc(C)cc2)C(C)C1. The lowest BCUT2D eigenvalue weighted by molar-refractivity contribution is 0.334. The number of nitrogens with zero attached hydrogens (tertiary/aromatic N) is 2. The molecule has 0 saturated carbocycles. The van der Waals surface area contributed by atoms with Crippen LogP contribution in [-0.2, 0) is 0 Å². The molecule has 1 saturated heterocycles. The van der Waals surface area contributed by atoms with Crippen molar-refractivity contribution in [1.29, 1.82) is 0 Å². The Morgan fingerprint density at radius 2 is 2.00 bits per heavy atom. The van der Waals surface area contributed by atoms with Crippen LogP contribution < -0.4 is 10.2 Å². The van der Waals surface area contributed by atoms with Crippen LogP contribution in [-0.4, -0.2) is 42.2 Å². The fourth-order valence-corrected chi connectivity index (χ4v) is 2.87. The van der Waals surface area contributed by atoms with Crippen molar-refractivity contribution in [3.63, 3.8) is 0 Å². The number of rotatable bonds is 3. The Bertz CT molecular complexity index is 444. The normalized spacial score (nSPS) is 19.1. The molecule has 0 spiro atoms. The number of aryl methyl sites for hydroxylation is 1. The summed E-state index contributed by atoms with van der Waals surface area (Å²) in [6.45, 7) is 10.5. The van der Waals surface area contributed by atoms with Crippen molar-refractivity contribution in [2.75, 3.05) is 31.1 Å². The van der Waals surface area contributed by atoms with Crippen LogP contribution >= 0.6 is 12.2 Å². The topological polar surface area (TPSA) is 18.5 Å². The van der Waals surface area contributed by atoms with Gasteiger partial charge in [-0.25, -0.2) is 0 Å². The number of anilines is 1. The number of nitrogens with one attached hydrogen (secondary N) is 1. The van der Waals surface area contributed by atoms with Gasteiger partial charge in [0, 0.05) is 37.9 Å². The molecule has 0 amide bonds. The van der Waals surface area contributed by atoms with E-state index in [0.717, 1.165) is 37.7 Å². The van der Waals surface area contributed by atoms with Gasteiger partial charge < -0.3 is 15.1 Å². The summed E-state index contributed by atoms with van der Waals surface area (Å²) in [6.07, 6.45) is 1.11. The first-order valence-electron chi connectivity index (χ1n) is 7.48. The molecule has 1 N–H and O–H groups in total. The van der Waals surface area contributed by atoms with E-state index in [4.69, 9.17) is 12.2 Å². The summed E-state index contributed by atoms with van der Waals surface area (Å²) in [7, 11) is 0. The van der Waals surface area contributed by atoms with Crippen LogP contribution in [0.15, 0.2) is 24.3 Å². The van der Waals surface area contributed by atoms with Gasteiger partial charge in [0.1, 0.15) is 0 Å². The smallest absolute Gasteiger partial charge is 0.169 e. The maximum absolute atomic E-state index is 5.46. The Balaban J connectivity index is 1.95. The van der Waals surface area contributed by atoms with Crippen LogP contribution in [0.2, 0.25) is 0 Å². The molecule has 0 aliphatic carbocycles. The standard InChI is InChI=1S/C16H25N3S/c1-4-9-17-16(20)18-10-11-19(14(3)12-18)15-7-5-13(2)6-8-15/h5-8,14H,4,9-12H2,1-3H3,(H,17,20). The molecule has 0 bridgehead atoms. The molecule has 110 valence electrons. The highest BCUT2D eigenvalue weighted by Gasteiger charge is 2.24. The van der Waals surface area contributed by atoms with E-state index in [2.05, 4.69) is 60.2 Å². The summed E-state index contributed by atoms with van der Waals surface area (Å²) in [5, 5.41) is 4.23. The molecule has 4 heteroatoms. The van der Waals surface area contributed by atoms with Gasteiger partial charge in [0.15, 0.2) is 5.11 Å². The van der Waals surface area contributed by atoms with E-state index in [9.17, 15) is 0 Å². The Kier molecular flexibility index (Phi) is 5.24. The van der Waals surface area contributed by atoms with Gasteiger partial charge in [-0.15, -0.1) is 0 Å². The molecular formula is C16H25N3S. The second kappa shape index (κ2) is 6.93. The average Bonchev–Trinajstić information content (AvgIpc) is 2.46. The maximum atomic E-state index is 5.46. The Hall–Kier alpha value is -1.29. The first-order chi connectivity index (χ1) is 9.61. The van der Waals surface area contributed by atoms with Crippen LogP contribution in [0.5, 0.6) is 0 Å². The molecule has 1 aromatic rings. The fraction of sp³-hybridized carbons (Fsp3) is 0.562. The Labute approximate surface area is 128 Å². The number of hydrogen-bond acceptors (Lipinski definition) is 2. The van der Waals surface area contributed by atoms with Crippen molar-refractivity contribution < 1.29 is 0 Å². The first-order valence-corrected chi connectivity index (χ1v) is 7.88. The van der Waals surface area contributed by atoms with E-state index in [1.807, 2.05) is 0 Å². The third kappa shape index (κ3) is 3.63. The van der Waals surface area contributed by atoms with Crippen molar-refractivity contribution in [3.8, 4) is 0 Å². The monoisotopic (exact) mass is 291 g/mol. The molecule has 2 rings (SSSR count). The van der Waals surface area contributed by atoms with Crippen LogP contribution in [0, 0.1) is 6.92 Å². The maximum Gasteiger partial charge on any atom is 0.169 e. The number of piperazine rings is 1. The number of hydrogen-bond donors (Lipinski definition) is 1. The van der Waals surface area contributed by atoms with Gasteiger partial charge in [-0.1, -0.05) is 24.6 Å².